The van der Waals surface area contributed by atoms with Gasteiger partial charge in [0.15, 0.2) is 0 Å². The van der Waals surface area contributed by atoms with E-state index >= 15 is 0 Å². The molecule has 9 heteroatoms. The predicted octanol–water partition coefficient (Wildman–Crippen LogP) is 3.45. The Morgan fingerprint density at radius 3 is 1.70 bits per heavy atom. The van der Waals surface area contributed by atoms with Crippen LogP contribution in [0.25, 0.3) is 0 Å². The number of aliphatic carboxylic acids is 1. The van der Waals surface area contributed by atoms with Gasteiger partial charge in [-0.2, -0.15) is 26.3 Å². The van der Waals surface area contributed by atoms with Crippen LogP contribution in [0.15, 0.2) is 12.1 Å². The van der Waals surface area contributed by atoms with Gasteiger partial charge in [0.25, 0.3) is 0 Å². The fourth-order valence-electron chi connectivity index (χ4n) is 1.52. The summed E-state index contributed by atoms with van der Waals surface area (Å²) in [5.74, 6) is -3.27. The van der Waals surface area contributed by atoms with Crippen molar-refractivity contribution in [2.45, 2.75) is 25.2 Å². The maximum Gasteiger partial charge on any atom is 0.419 e. The number of phenols is 1. The van der Waals surface area contributed by atoms with E-state index in [2.05, 4.69) is 0 Å². The summed E-state index contributed by atoms with van der Waals surface area (Å²) < 4.78 is 75.3. The SMILES string of the molecule is O=C(O)CCc1cc(C(F)(F)F)c(O)c(C(F)(F)F)c1. The van der Waals surface area contributed by atoms with Crippen LogP contribution >= 0.6 is 0 Å². The second kappa shape index (κ2) is 5.22. The lowest BCUT2D eigenvalue weighted by Crippen LogP contribution is -2.13. The van der Waals surface area contributed by atoms with Crippen molar-refractivity contribution in [3.63, 3.8) is 0 Å². The molecular weight excluding hydrogens is 294 g/mol. The molecule has 0 bridgehead atoms. The van der Waals surface area contributed by atoms with Crippen LogP contribution < -0.4 is 0 Å². The second-order valence-electron chi connectivity index (χ2n) is 3.93. The highest BCUT2D eigenvalue weighted by Crippen LogP contribution is 2.44. The first-order valence-corrected chi connectivity index (χ1v) is 5.15. The summed E-state index contributed by atoms with van der Waals surface area (Å²) in [5, 5.41) is 17.5. The van der Waals surface area contributed by atoms with Gasteiger partial charge in [-0.25, -0.2) is 0 Å². The van der Waals surface area contributed by atoms with Gasteiger partial charge in [-0.15, -0.1) is 0 Å². The zero-order chi connectivity index (χ0) is 15.7. The van der Waals surface area contributed by atoms with Gasteiger partial charge in [0.1, 0.15) is 5.75 Å². The number of phenolic OH excluding ortho intramolecular Hbond substituents is 1. The minimum atomic E-state index is -5.18. The van der Waals surface area contributed by atoms with Crippen molar-refractivity contribution in [3.05, 3.63) is 28.8 Å². The maximum atomic E-state index is 12.6. The van der Waals surface area contributed by atoms with Crippen molar-refractivity contribution < 1.29 is 41.4 Å². The molecule has 2 N–H and O–H groups in total. The summed E-state index contributed by atoms with van der Waals surface area (Å²) in [6.45, 7) is 0. The maximum absolute atomic E-state index is 12.6. The zero-order valence-electron chi connectivity index (χ0n) is 9.64. The quantitative estimate of drug-likeness (QED) is 0.841. The Morgan fingerprint density at radius 2 is 1.40 bits per heavy atom. The van der Waals surface area contributed by atoms with Crippen molar-refractivity contribution >= 4 is 5.97 Å². The van der Waals surface area contributed by atoms with Crippen LogP contribution in [0.1, 0.15) is 23.1 Å². The third-order valence-corrected chi connectivity index (χ3v) is 2.41. The number of carboxylic acid groups (broad SMARTS) is 1. The standard InChI is InChI=1S/C11H8F6O3/c12-10(13,14)6-3-5(1-2-8(18)19)4-7(9(6)20)11(15,16)17/h3-4,20H,1-2H2,(H,18,19). The van der Waals surface area contributed by atoms with Crippen molar-refractivity contribution in [1.29, 1.82) is 0 Å². The Labute approximate surface area is 108 Å². The molecule has 0 aliphatic carbocycles. The largest absolute Gasteiger partial charge is 0.507 e. The number of benzene rings is 1. The lowest BCUT2D eigenvalue weighted by molar-refractivity contribution is -0.145. The highest BCUT2D eigenvalue weighted by Gasteiger charge is 2.41. The molecule has 0 aliphatic rings. The Hall–Kier alpha value is -1.93. The van der Waals surface area contributed by atoms with E-state index in [1.165, 1.54) is 0 Å². The molecule has 1 aromatic rings. The minimum Gasteiger partial charge on any atom is -0.507 e. The summed E-state index contributed by atoms with van der Waals surface area (Å²) in [6.07, 6.45) is -11.5. The molecule has 0 radical (unpaired) electrons. The van der Waals surface area contributed by atoms with Crippen molar-refractivity contribution in [2.75, 3.05) is 0 Å². The van der Waals surface area contributed by atoms with Crippen LogP contribution in [0.3, 0.4) is 0 Å². The first kappa shape index (κ1) is 16.1. The van der Waals surface area contributed by atoms with Crippen LogP contribution in [-0.4, -0.2) is 16.2 Å². The number of rotatable bonds is 3. The van der Waals surface area contributed by atoms with Gasteiger partial charge in [0, 0.05) is 6.42 Å². The predicted molar refractivity (Wildman–Crippen MR) is 54.1 cm³/mol. The number of carbonyl (C=O) groups is 1. The number of hydrogen-bond acceptors (Lipinski definition) is 2. The van der Waals surface area contributed by atoms with Gasteiger partial charge in [0.05, 0.1) is 11.1 Å². The van der Waals surface area contributed by atoms with Crippen molar-refractivity contribution in [2.24, 2.45) is 0 Å². The molecule has 3 nitrogen and oxygen atoms in total. The Morgan fingerprint density at radius 1 is 1.00 bits per heavy atom. The van der Waals surface area contributed by atoms with E-state index in [-0.39, 0.29) is 0 Å². The molecule has 0 spiro atoms. The van der Waals surface area contributed by atoms with Gasteiger partial charge < -0.3 is 10.2 Å². The van der Waals surface area contributed by atoms with Gasteiger partial charge in [0.2, 0.25) is 0 Å². The molecule has 1 rings (SSSR count). The van der Waals surface area contributed by atoms with E-state index in [0.29, 0.717) is 12.1 Å². The van der Waals surface area contributed by atoms with E-state index in [1.54, 1.807) is 0 Å². The van der Waals surface area contributed by atoms with Gasteiger partial charge >= 0.3 is 18.3 Å². The number of aromatic hydroxyl groups is 1. The van der Waals surface area contributed by atoms with Crippen LogP contribution in [0.2, 0.25) is 0 Å². The molecule has 0 aromatic heterocycles. The fraction of sp³-hybridized carbons (Fsp3) is 0.364. The Bertz CT molecular complexity index is 483. The molecule has 1 aromatic carbocycles. The number of hydrogen-bond donors (Lipinski definition) is 2. The minimum absolute atomic E-state index is 0.313. The van der Waals surface area contributed by atoms with Gasteiger partial charge in [-0.3, -0.25) is 4.79 Å². The summed E-state index contributed by atoms with van der Waals surface area (Å²) in [7, 11) is 0. The van der Waals surface area contributed by atoms with Gasteiger partial charge in [-0.1, -0.05) is 0 Å². The average molecular weight is 302 g/mol. The van der Waals surface area contributed by atoms with Crippen LogP contribution in [-0.2, 0) is 23.6 Å². The van der Waals surface area contributed by atoms with Crippen LogP contribution in [0.5, 0.6) is 5.75 Å². The highest BCUT2D eigenvalue weighted by molar-refractivity contribution is 5.67. The third kappa shape index (κ3) is 3.78. The average Bonchev–Trinajstić information content (AvgIpc) is 2.24. The normalized spacial score (nSPS) is 12.5. The molecule has 0 saturated heterocycles. The molecule has 112 valence electrons. The molecule has 0 fully saturated rings. The van der Waals surface area contributed by atoms with E-state index in [4.69, 9.17) is 10.2 Å². The summed E-state index contributed by atoms with van der Waals surface area (Å²) in [4.78, 5) is 10.3. The first-order valence-electron chi connectivity index (χ1n) is 5.15. The van der Waals surface area contributed by atoms with E-state index in [0.717, 1.165) is 0 Å². The van der Waals surface area contributed by atoms with Crippen LogP contribution in [0, 0.1) is 0 Å². The monoisotopic (exact) mass is 302 g/mol. The summed E-state index contributed by atoms with van der Waals surface area (Å²) in [6, 6.07) is 0.626. The number of halogens is 6. The molecule has 20 heavy (non-hydrogen) atoms. The smallest absolute Gasteiger partial charge is 0.419 e. The fourth-order valence-corrected chi connectivity index (χ4v) is 1.52. The molecule has 0 unspecified atom stereocenters. The first-order chi connectivity index (χ1) is 8.93. The van der Waals surface area contributed by atoms with Crippen molar-refractivity contribution in [1.82, 2.24) is 0 Å². The van der Waals surface area contributed by atoms with E-state index in [1.807, 2.05) is 0 Å². The van der Waals surface area contributed by atoms with Crippen molar-refractivity contribution in [3.8, 4) is 5.75 Å². The molecule has 0 amide bonds. The second-order valence-corrected chi connectivity index (χ2v) is 3.93. The van der Waals surface area contributed by atoms with Gasteiger partial charge in [-0.05, 0) is 24.1 Å². The third-order valence-electron chi connectivity index (χ3n) is 2.41. The van der Waals surface area contributed by atoms with E-state index in [9.17, 15) is 31.1 Å². The number of carboxylic acids is 1. The molecule has 0 aliphatic heterocycles. The Kier molecular flexibility index (Phi) is 4.21. The van der Waals surface area contributed by atoms with Crippen LogP contribution in [0.4, 0.5) is 26.3 Å². The summed E-state index contributed by atoms with van der Waals surface area (Å²) in [5.41, 5.74) is -4.15. The molecule has 0 atom stereocenters. The highest BCUT2D eigenvalue weighted by atomic mass is 19.4. The molecule has 0 saturated carbocycles. The van der Waals surface area contributed by atoms with E-state index < -0.39 is 53.6 Å². The molecule has 0 heterocycles. The number of alkyl halides is 6. The topological polar surface area (TPSA) is 57.5 Å². The zero-order valence-corrected chi connectivity index (χ0v) is 9.64. The number of aryl methyl sites for hydroxylation is 1. The molecular formula is C11H8F6O3. The lowest BCUT2D eigenvalue weighted by Gasteiger charge is -2.16. The Balaban J connectivity index is 3.38. The lowest BCUT2D eigenvalue weighted by atomic mass is 10.00. The summed E-state index contributed by atoms with van der Waals surface area (Å²) >= 11 is 0.